The van der Waals surface area contributed by atoms with E-state index in [0.29, 0.717) is 6.42 Å². The number of nitrogens with zero attached hydrogens (tertiary/aromatic N) is 1. The molecule has 0 saturated carbocycles. The summed E-state index contributed by atoms with van der Waals surface area (Å²) in [6.07, 6.45) is 27.7. The molecule has 0 bridgehead atoms. The number of allylic oxidation sites excluding steroid dienone is 2. The van der Waals surface area contributed by atoms with Gasteiger partial charge >= 0.3 is 13.6 Å². The highest BCUT2D eigenvalue weighted by Crippen LogP contribution is 2.50. The summed E-state index contributed by atoms with van der Waals surface area (Å²) in [6.45, 7) is 3.33. The number of aliphatic hydroxyl groups excluding tert-OH is 2. The van der Waals surface area contributed by atoms with Crippen molar-refractivity contribution >= 4 is 13.6 Å². The molecule has 0 aromatic heterocycles. The number of carbonyl (C=O) groups is 1. The second kappa shape index (κ2) is 28.2. The third-order valence-electron chi connectivity index (χ3n) is 8.73. The molecule has 268 valence electrons. The summed E-state index contributed by atoms with van der Waals surface area (Å²) in [5, 5.41) is 28.2. The molecule has 4 N–H and O–H groups in total. The van der Waals surface area contributed by atoms with E-state index in [-0.39, 0.29) is 24.1 Å². The van der Waals surface area contributed by atoms with Crippen LogP contribution in [0.3, 0.4) is 0 Å². The quantitative estimate of drug-likeness (QED) is 0.0142. The molecule has 0 heterocycles. The number of hydrogen-bond acceptors (Lipinski definition) is 7. The number of esters is 1. The van der Waals surface area contributed by atoms with Gasteiger partial charge in [0.15, 0.2) is 12.1 Å². The predicted molar refractivity (Wildman–Crippen MR) is 184 cm³/mol. The first-order valence-corrected chi connectivity index (χ1v) is 19.7. The fourth-order valence-electron chi connectivity index (χ4n) is 5.22. The maximum Gasteiger partial charge on any atom is 0.384 e. The molecule has 0 amide bonds. The van der Waals surface area contributed by atoms with Crippen molar-refractivity contribution in [3.63, 3.8) is 0 Å². The average molecular weight is 665 g/mol. The van der Waals surface area contributed by atoms with E-state index in [1.807, 2.05) is 0 Å². The van der Waals surface area contributed by atoms with E-state index in [4.69, 9.17) is 19.5 Å². The van der Waals surface area contributed by atoms with Crippen LogP contribution in [0.4, 0.5) is 0 Å². The lowest BCUT2D eigenvalue weighted by atomic mass is 10.0. The van der Waals surface area contributed by atoms with Crippen LogP contribution in [0.25, 0.3) is 0 Å². The van der Waals surface area contributed by atoms with Crippen molar-refractivity contribution in [2.24, 2.45) is 0 Å². The molecule has 0 radical (unpaired) electrons. The Bertz CT molecular complexity index is 777. The van der Waals surface area contributed by atoms with Gasteiger partial charge in [0.2, 0.25) is 0 Å². The summed E-state index contributed by atoms with van der Waals surface area (Å²) in [4.78, 5) is 22.3. The van der Waals surface area contributed by atoms with Gasteiger partial charge in [-0.1, -0.05) is 115 Å². The van der Waals surface area contributed by atoms with Crippen molar-refractivity contribution in [1.82, 2.24) is 0 Å². The van der Waals surface area contributed by atoms with Crippen LogP contribution in [0.15, 0.2) is 12.2 Å². The van der Waals surface area contributed by atoms with Crippen LogP contribution < -0.4 is 0 Å². The minimum atomic E-state index is -4.11. The first-order valence-electron chi connectivity index (χ1n) is 18.1. The molecule has 10 heteroatoms. The van der Waals surface area contributed by atoms with Gasteiger partial charge in [0, 0.05) is 12.8 Å². The third kappa shape index (κ3) is 26.9. The second-order valence-electron chi connectivity index (χ2n) is 13.4. The number of rotatable bonds is 32. The van der Waals surface area contributed by atoms with Gasteiger partial charge in [-0.25, -0.2) is 0 Å². The largest absolute Gasteiger partial charge is 0.463 e. The zero-order valence-electron chi connectivity index (χ0n) is 29.4. The topological polar surface area (TPSA) is 134 Å². The van der Waals surface area contributed by atoms with Gasteiger partial charge in [0.05, 0.1) is 27.2 Å². The van der Waals surface area contributed by atoms with E-state index < -0.39 is 38.3 Å². The SMILES string of the molecule is CCCCCCCCC/C=C\CCCCCCCCCCCCCC(=O)OC[C@@H](O)COP(=O)(O)C(C)[N+](C)(C)CCC(O)O. The lowest BCUT2D eigenvalue weighted by Gasteiger charge is -2.37. The molecular weight excluding hydrogens is 593 g/mol. The standard InChI is InChI=1S/C35H70NO8P/c1-5-6-7-8-9-10-11-12-13-14-15-16-17-18-19-20-21-22-23-24-25-26-27-35(40)43-30-33(37)31-44-45(41,42)32(2)36(3,4)29-28-34(38)39/h13-14,32-34,37-39H,5-12,15-31H2,1-4H3/p+1/b14-13-/t32?,33-/m1/s1. The lowest BCUT2D eigenvalue weighted by molar-refractivity contribution is -0.901. The summed E-state index contributed by atoms with van der Waals surface area (Å²) in [6, 6.07) is 0. The summed E-state index contributed by atoms with van der Waals surface area (Å²) in [7, 11) is -0.728. The first-order chi connectivity index (χ1) is 21.4. The Morgan fingerprint density at radius 2 is 1.18 bits per heavy atom. The van der Waals surface area contributed by atoms with Crippen molar-refractivity contribution in [2.75, 3.05) is 33.9 Å². The molecular formula is C35H71NO8P+. The van der Waals surface area contributed by atoms with Crippen molar-refractivity contribution in [2.45, 2.75) is 173 Å². The smallest absolute Gasteiger partial charge is 0.384 e. The van der Waals surface area contributed by atoms with Crippen LogP contribution in [0, 0.1) is 0 Å². The normalized spacial score (nSPS) is 15.0. The molecule has 0 fully saturated rings. The van der Waals surface area contributed by atoms with Crippen molar-refractivity contribution in [1.29, 1.82) is 0 Å². The predicted octanol–water partition coefficient (Wildman–Crippen LogP) is 7.98. The minimum Gasteiger partial charge on any atom is -0.463 e. The molecule has 0 saturated heterocycles. The number of aliphatic hydroxyl groups is 3. The van der Waals surface area contributed by atoms with Crippen LogP contribution in [-0.4, -0.2) is 82.7 Å². The molecule has 0 aromatic rings. The van der Waals surface area contributed by atoms with Gasteiger partial charge in [-0.05, 0) is 39.0 Å². The van der Waals surface area contributed by atoms with Crippen LogP contribution in [0.1, 0.15) is 155 Å². The summed E-state index contributed by atoms with van der Waals surface area (Å²) >= 11 is 0. The molecule has 0 aliphatic heterocycles. The van der Waals surface area contributed by atoms with Crippen LogP contribution in [0.2, 0.25) is 0 Å². The number of ether oxygens (including phenoxy) is 1. The Kier molecular flexibility index (Phi) is 27.7. The maximum absolute atomic E-state index is 12.6. The monoisotopic (exact) mass is 664 g/mol. The molecule has 45 heavy (non-hydrogen) atoms. The zero-order chi connectivity index (χ0) is 33.8. The zero-order valence-corrected chi connectivity index (χ0v) is 30.3. The Morgan fingerprint density at radius 3 is 1.64 bits per heavy atom. The van der Waals surface area contributed by atoms with E-state index in [2.05, 4.69) is 19.1 Å². The van der Waals surface area contributed by atoms with Crippen LogP contribution >= 0.6 is 7.60 Å². The van der Waals surface area contributed by atoms with E-state index >= 15 is 0 Å². The Hall–Kier alpha value is -0.800. The Balaban J connectivity index is 3.64. The van der Waals surface area contributed by atoms with E-state index in [0.717, 1.165) is 19.3 Å². The molecule has 0 rings (SSSR count). The molecule has 0 aliphatic carbocycles. The molecule has 3 atom stereocenters. The second-order valence-corrected chi connectivity index (χ2v) is 15.5. The van der Waals surface area contributed by atoms with Gasteiger partial charge in [-0.3, -0.25) is 9.36 Å². The van der Waals surface area contributed by atoms with Crippen LogP contribution in [-0.2, 0) is 18.6 Å². The third-order valence-corrected chi connectivity index (χ3v) is 10.8. The highest BCUT2D eigenvalue weighted by atomic mass is 31.2. The number of quaternary nitrogens is 1. The Labute approximate surface area is 275 Å². The highest BCUT2D eigenvalue weighted by molar-refractivity contribution is 7.53. The van der Waals surface area contributed by atoms with E-state index in [1.165, 1.54) is 116 Å². The van der Waals surface area contributed by atoms with Gasteiger partial charge in [-0.15, -0.1) is 0 Å². The van der Waals surface area contributed by atoms with Crippen molar-refractivity contribution in [3.05, 3.63) is 12.2 Å². The first kappa shape index (κ1) is 44.2. The van der Waals surface area contributed by atoms with E-state index in [9.17, 15) is 19.4 Å². The summed E-state index contributed by atoms with van der Waals surface area (Å²) in [5.41, 5.74) is 0. The van der Waals surface area contributed by atoms with Crippen molar-refractivity contribution in [3.8, 4) is 0 Å². The molecule has 9 nitrogen and oxygen atoms in total. The average Bonchev–Trinajstić information content (AvgIpc) is 3.00. The lowest BCUT2D eigenvalue weighted by Crippen LogP contribution is -2.48. The molecule has 0 spiro atoms. The van der Waals surface area contributed by atoms with Gasteiger partial charge < -0.3 is 34.0 Å². The fourth-order valence-corrected chi connectivity index (χ4v) is 6.72. The minimum absolute atomic E-state index is 0.0359. The molecule has 2 unspecified atom stereocenters. The number of unbranched alkanes of at least 4 members (excludes halogenated alkanes) is 18. The molecule has 0 aromatic carbocycles. The van der Waals surface area contributed by atoms with Gasteiger partial charge in [0.25, 0.3) is 0 Å². The highest BCUT2D eigenvalue weighted by Gasteiger charge is 2.41. The van der Waals surface area contributed by atoms with E-state index in [1.54, 1.807) is 14.1 Å². The van der Waals surface area contributed by atoms with Crippen molar-refractivity contribution < 1.29 is 43.3 Å². The van der Waals surface area contributed by atoms with Gasteiger partial charge in [0.1, 0.15) is 12.7 Å². The molecule has 0 aliphatic rings. The number of hydrogen-bond donors (Lipinski definition) is 4. The number of carbonyl (C=O) groups excluding carboxylic acids is 1. The fraction of sp³-hybridized carbons (Fsp3) is 0.914. The van der Waals surface area contributed by atoms with Gasteiger partial charge in [-0.2, -0.15) is 0 Å². The Morgan fingerprint density at radius 1 is 0.733 bits per heavy atom. The van der Waals surface area contributed by atoms with Crippen LogP contribution in [0.5, 0.6) is 0 Å². The summed E-state index contributed by atoms with van der Waals surface area (Å²) < 4.78 is 22.9. The maximum atomic E-state index is 12.6. The summed E-state index contributed by atoms with van der Waals surface area (Å²) in [5.74, 6) is -1.24.